The summed E-state index contributed by atoms with van der Waals surface area (Å²) in [4.78, 5) is 16.8. The molecular formula is C13H13N3O. The molecule has 0 atom stereocenters. The fraction of sp³-hybridized carbons (Fsp3) is 0.231. The van der Waals surface area contributed by atoms with Crippen LogP contribution in [0.2, 0.25) is 0 Å². The molecule has 0 bridgehead atoms. The maximum Gasteiger partial charge on any atom is 0.254 e. The zero-order valence-electron chi connectivity index (χ0n) is 9.60. The monoisotopic (exact) mass is 227 g/mol. The highest BCUT2D eigenvalue weighted by Crippen LogP contribution is 2.18. The van der Waals surface area contributed by atoms with Crippen molar-refractivity contribution in [2.75, 3.05) is 13.6 Å². The summed E-state index contributed by atoms with van der Waals surface area (Å²) in [6.45, 7) is 0.455. The van der Waals surface area contributed by atoms with Gasteiger partial charge >= 0.3 is 0 Å². The van der Waals surface area contributed by atoms with Crippen molar-refractivity contribution in [1.82, 2.24) is 9.88 Å². The molecule has 1 amide bonds. The summed E-state index contributed by atoms with van der Waals surface area (Å²) in [5.41, 5.74) is 1.62. The van der Waals surface area contributed by atoms with E-state index >= 15 is 0 Å². The van der Waals surface area contributed by atoms with Crippen molar-refractivity contribution < 1.29 is 4.79 Å². The number of nitriles is 1. The van der Waals surface area contributed by atoms with Crippen LogP contribution in [0, 0.1) is 11.3 Å². The molecular weight excluding hydrogens is 214 g/mol. The van der Waals surface area contributed by atoms with E-state index in [9.17, 15) is 4.79 Å². The first-order valence-electron chi connectivity index (χ1n) is 5.42. The summed E-state index contributed by atoms with van der Waals surface area (Å²) < 4.78 is 0. The van der Waals surface area contributed by atoms with Crippen molar-refractivity contribution >= 4 is 16.8 Å². The summed E-state index contributed by atoms with van der Waals surface area (Å²) in [6, 6.07) is 9.52. The van der Waals surface area contributed by atoms with Crippen LogP contribution in [0.15, 0.2) is 30.5 Å². The second kappa shape index (κ2) is 4.71. The Morgan fingerprint density at radius 3 is 3.06 bits per heavy atom. The van der Waals surface area contributed by atoms with Gasteiger partial charge in [0.05, 0.1) is 12.5 Å². The largest absolute Gasteiger partial charge is 0.361 e. The van der Waals surface area contributed by atoms with Crippen molar-refractivity contribution in [2.45, 2.75) is 6.42 Å². The van der Waals surface area contributed by atoms with Gasteiger partial charge in [0.25, 0.3) is 5.91 Å². The third-order valence-corrected chi connectivity index (χ3v) is 2.73. The number of carbonyl (C=O) groups is 1. The molecule has 17 heavy (non-hydrogen) atoms. The van der Waals surface area contributed by atoms with Gasteiger partial charge in [0.15, 0.2) is 0 Å². The number of fused-ring (bicyclic) bond motifs is 1. The lowest BCUT2D eigenvalue weighted by atomic mass is 10.1. The summed E-state index contributed by atoms with van der Waals surface area (Å²) in [6.07, 6.45) is 2.17. The van der Waals surface area contributed by atoms with Crippen LogP contribution in [0.1, 0.15) is 16.8 Å². The zero-order valence-corrected chi connectivity index (χ0v) is 9.60. The topological polar surface area (TPSA) is 59.9 Å². The van der Waals surface area contributed by atoms with E-state index in [4.69, 9.17) is 5.26 Å². The molecule has 0 unspecified atom stereocenters. The summed E-state index contributed by atoms with van der Waals surface area (Å²) in [5, 5.41) is 9.43. The Labute approximate surface area is 99.5 Å². The first-order valence-corrected chi connectivity index (χ1v) is 5.42. The fourth-order valence-corrected chi connectivity index (χ4v) is 1.80. The van der Waals surface area contributed by atoms with E-state index in [1.807, 2.05) is 30.5 Å². The number of nitrogens with one attached hydrogen (secondary N) is 1. The first kappa shape index (κ1) is 11.2. The average molecular weight is 227 g/mol. The molecule has 86 valence electrons. The minimum atomic E-state index is -0.0505. The van der Waals surface area contributed by atoms with Crippen molar-refractivity contribution in [1.29, 1.82) is 5.26 Å². The molecule has 2 aromatic rings. The lowest BCUT2D eigenvalue weighted by Gasteiger charge is -2.15. The minimum Gasteiger partial charge on any atom is -0.361 e. The van der Waals surface area contributed by atoms with Gasteiger partial charge in [-0.25, -0.2) is 0 Å². The van der Waals surface area contributed by atoms with Crippen LogP contribution in [0.5, 0.6) is 0 Å². The highest BCUT2D eigenvalue weighted by molar-refractivity contribution is 6.06. The molecule has 0 aliphatic rings. The fourth-order valence-electron chi connectivity index (χ4n) is 1.80. The van der Waals surface area contributed by atoms with Gasteiger partial charge in [-0.15, -0.1) is 0 Å². The number of amides is 1. The van der Waals surface area contributed by atoms with Crippen LogP contribution in [-0.4, -0.2) is 29.4 Å². The molecule has 1 aromatic carbocycles. The molecule has 0 aliphatic heterocycles. The van der Waals surface area contributed by atoms with E-state index < -0.39 is 0 Å². The van der Waals surface area contributed by atoms with E-state index in [0.717, 1.165) is 10.9 Å². The third kappa shape index (κ3) is 2.13. The van der Waals surface area contributed by atoms with E-state index in [2.05, 4.69) is 4.98 Å². The number of hydrogen-bond donors (Lipinski definition) is 1. The number of nitrogens with zero attached hydrogens (tertiary/aromatic N) is 2. The summed E-state index contributed by atoms with van der Waals surface area (Å²) in [5.74, 6) is -0.0505. The Balaban J connectivity index is 2.30. The average Bonchev–Trinajstić information content (AvgIpc) is 2.82. The SMILES string of the molecule is CN(CCC#N)C(=O)c1cccc2[nH]ccc12. The van der Waals surface area contributed by atoms with Gasteiger partial charge in [-0.2, -0.15) is 5.26 Å². The molecule has 1 aromatic heterocycles. The standard InChI is InChI=1S/C13H13N3O/c1-16(9-3-7-14)13(17)11-4-2-5-12-10(11)6-8-15-12/h2,4-6,8,15H,3,9H2,1H3. The predicted octanol–water partition coefficient (Wildman–Crippen LogP) is 2.15. The Hall–Kier alpha value is -2.28. The van der Waals surface area contributed by atoms with Crippen LogP contribution in [0.4, 0.5) is 0 Å². The van der Waals surface area contributed by atoms with Crippen LogP contribution in [0.25, 0.3) is 10.9 Å². The number of benzene rings is 1. The molecule has 0 saturated carbocycles. The number of rotatable bonds is 3. The maximum absolute atomic E-state index is 12.2. The number of carbonyl (C=O) groups excluding carboxylic acids is 1. The van der Waals surface area contributed by atoms with Gasteiger partial charge < -0.3 is 9.88 Å². The van der Waals surface area contributed by atoms with Gasteiger partial charge in [-0.3, -0.25) is 4.79 Å². The van der Waals surface area contributed by atoms with E-state index in [1.54, 1.807) is 18.0 Å². The van der Waals surface area contributed by atoms with E-state index in [-0.39, 0.29) is 5.91 Å². The van der Waals surface area contributed by atoms with Gasteiger partial charge in [-0.1, -0.05) is 6.07 Å². The molecule has 0 fully saturated rings. The van der Waals surface area contributed by atoms with Gasteiger partial charge in [0, 0.05) is 36.3 Å². The van der Waals surface area contributed by atoms with Crippen LogP contribution >= 0.6 is 0 Å². The predicted molar refractivity (Wildman–Crippen MR) is 65.5 cm³/mol. The Morgan fingerprint density at radius 2 is 2.29 bits per heavy atom. The van der Waals surface area contributed by atoms with E-state index in [0.29, 0.717) is 18.5 Å². The smallest absolute Gasteiger partial charge is 0.254 e. The van der Waals surface area contributed by atoms with Gasteiger partial charge in [0.2, 0.25) is 0 Å². The van der Waals surface area contributed by atoms with Crippen LogP contribution in [0.3, 0.4) is 0 Å². The first-order chi connectivity index (χ1) is 8.24. The van der Waals surface area contributed by atoms with Crippen molar-refractivity contribution in [2.24, 2.45) is 0 Å². The summed E-state index contributed by atoms with van der Waals surface area (Å²) in [7, 11) is 1.71. The highest BCUT2D eigenvalue weighted by atomic mass is 16.2. The highest BCUT2D eigenvalue weighted by Gasteiger charge is 2.14. The maximum atomic E-state index is 12.2. The second-order valence-electron chi connectivity index (χ2n) is 3.88. The third-order valence-electron chi connectivity index (χ3n) is 2.73. The normalized spacial score (nSPS) is 10.1. The number of hydrogen-bond acceptors (Lipinski definition) is 2. The Morgan fingerprint density at radius 1 is 1.47 bits per heavy atom. The number of aromatic nitrogens is 1. The number of H-pyrrole nitrogens is 1. The molecule has 1 heterocycles. The second-order valence-corrected chi connectivity index (χ2v) is 3.88. The van der Waals surface area contributed by atoms with Crippen molar-refractivity contribution in [3.05, 3.63) is 36.0 Å². The molecule has 4 heteroatoms. The van der Waals surface area contributed by atoms with Gasteiger partial charge in [0.1, 0.15) is 0 Å². The molecule has 2 rings (SSSR count). The number of aromatic amines is 1. The Kier molecular flexibility index (Phi) is 3.10. The van der Waals surface area contributed by atoms with Crippen molar-refractivity contribution in [3.8, 4) is 6.07 Å². The minimum absolute atomic E-state index is 0.0505. The summed E-state index contributed by atoms with van der Waals surface area (Å²) >= 11 is 0. The Bertz CT molecular complexity index is 580. The van der Waals surface area contributed by atoms with E-state index in [1.165, 1.54) is 0 Å². The van der Waals surface area contributed by atoms with Crippen LogP contribution in [-0.2, 0) is 0 Å². The lowest BCUT2D eigenvalue weighted by Crippen LogP contribution is -2.27. The van der Waals surface area contributed by atoms with Crippen molar-refractivity contribution in [3.63, 3.8) is 0 Å². The molecule has 4 nitrogen and oxygen atoms in total. The molecule has 0 aliphatic carbocycles. The molecule has 0 spiro atoms. The quantitative estimate of drug-likeness (QED) is 0.873. The van der Waals surface area contributed by atoms with Gasteiger partial charge in [-0.05, 0) is 18.2 Å². The molecule has 0 saturated heterocycles. The molecule has 0 radical (unpaired) electrons. The lowest BCUT2D eigenvalue weighted by molar-refractivity contribution is 0.0800. The zero-order chi connectivity index (χ0) is 12.3. The van der Waals surface area contributed by atoms with Crippen LogP contribution < -0.4 is 0 Å². The molecule has 1 N–H and O–H groups in total.